The number of aromatic amines is 1. The fraction of sp³-hybridized carbons (Fsp3) is 0.586. The van der Waals surface area contributed by atoms with E-state index in [0.29, 0.717) is 36.4 Å². The number of aromatic nitrogens is 3. The van der Waals surface area contributed by atoms with Gasteiger partial charge in [0.15, 0.2) is 5.82 Å². The molecule has 2 fully saturated rings. The summed E-state index contributed by atoms with van der Waals surface area (Å²) in [6.07, 6.45) is 7.22. The van der Waals surface area contributed by atoms with Gasteiger partial charge in [-0.3, -0.25) is 14.3 Å². The van der Waals surface area contributed by atoms with Gasteiger partial charge in [-0.25, -0.2) is 4.79 Å². The van der Waals surface area contributed by atoms with E-state index in [1.54, 1.807) is 0 Å². The van der Waals surface area contributed by atoms with E-state index < -0.39 is 5.76 Å². The van der Waals surface area contributed by atoms with E-state index in [2.05, 4.69) is 45.1 Å². The fourth-order valence-corrected chi connectivity index (χ4v) is 5.90. The van der Waals surface area contributed by atoms with Gasteiger partial charge in [0.1, 0.15) is 5.76 Å². The van der Waals surface area contributed by atoms with Crippen molar-refractivity contribution in [3.05, 3.63) is 62.7 Å². The highest BCUT2D eigenvalue weighted by molar-refractivity contribution is 5.92. The van der Waals surface area contributed by atoms with Crippen LogP contribution in [0.4, 0.5) is 5.69 Å². The Morgan fingerprint density at radius 3 is 2.57 bits per heavy atom. The standard InChI is InChI=1S/C29H38N4O4/c1-16(2)11-19-13-22(14-19)28-26(20-6-7-20)27(33-36-28)21(8-10-24-31-29(35)37-32-24)15-25(34)30-23-9-5-17(3)12-18(23)4/h5,9,12,16,19-22H,6-8,10-11,13-15H2,1-4H3,(H,30,34)(H,31,32,35)/t19?,21-,22?/m0/s1. The number of nitrogens with one attached hydrogen (secondary N) is 2. The van der Waals surface area contributed by atoms with Gasteiger partial charge in [0, 0.05) is 35.9 Å². The molecule has 5 rings (SSSR count). The number of H-pyrrole nitrogens is 1. The van der Waals surface area contributed by atoms with Crippen LogP contribution in [0.15, 0.2) is 32.0 Å². The Morgan fingerprint density at radius 1 is 1.14 bits per heavy atom. The molecule has 0 spiro atoms. The lowest BCUT2D eigenvalue weighted by atomic mass is 9.69. The van der Waals surface area contributed by atoms with E-state index in [-0.39, 0.29) is 18.2 Å². The summed E-state index contributed by atoms with van der Waals surface area (Å²) in [6.45, 7) is 8.61. The molecule has 2 aliphatic rings. The summed E-state index contributed by atoms with van der Waals surface area (Å²) in [6, 6.07) is 6.02. The van der Waals surface area contributed by atoms with Crippen LogP contribution in [0.2, 0.25) is 0 Å². The van der Waals surface area contributed by atoms with Crippen LogP contribution in [0.3, 0.4) is 0 Å². The molecule has 0 aliphatic heterocycles. The van der Waals surface area contributed by atoms with Crippen LogP contribution in [-0.4, -0.2) is 21.2 Å². The van der Waals surface area contributed by atoms with Gasteiger partial charge >= 0.3 is 5.76 Å². The second kappa shape index (κ2) is 10.7. The van der Waals surface area contributed by atoms with E-state index in [1.165, 1.54) is 12.0 Å². The molecule has 37 heavy (non-hydrogen) atoms. The summed E-state index contributed by atoms with van der Waals surface area (Å²) in [5.74, 6) is 3.13. The van der Waals surface area contributed by atoms with E-state index in [4.69, 9.17) is 4.52 Å². The minimum absolute atomic E-state index is 0.0578. The number of amides is 1. The third-order valence-electron chi connectivity index (χ3n) is 7.87. The maximum atomic E-state index is 13.2. The molecule has 0 radical (unpaired) electrons. The van der Waals surface area contributed by atoms with Crippen LogP contribution in [0.5, 0.6) is 0 Å². The fourth-order valence-electron chi connectivity index (χ4n) is 5.90. The molecule has 0 bridgehead atoms. The average Bonchev–Trinajstić information content (AvgIpc) is 3.42. The summed E-state index contributed by atoms with van der Waals surface area (Å²) in [4.78, 5) is 27.3. The molecule has 8 nitrogen and oxygen atoms in total. The predicted molar refractivity (Wildman–Crippen MR) is 141 cm³/mol. The minimum atomic E-state index is -0.567. The van der Waals surface area contributed by atoms with E-state index in [0.717, 1.165) is 59.9 Å². The molecule has 3 aromatic rings. The normalized spacial score (nSPS) is 20.1. The molecular weight excluding hydrogens is 468 g/mol. The smallest absolute Gasteiger partial charge is 0.361 e. The van der Waals surface area contributed by atoms with Crippen molar-refractivity contribution in [3.63, 3.8) is 0 Å². The Morgan fingerprint density at radius 2 is 1.92 bits per heavy atom. The lowest BCUT2D eigenvalue weighted by Crippen LogP contribution is -2.24. The first kappa shape index (κ1) is 25.5. The van der Waals surface area contributed by atoms with Crippen LogP contribution in [0.25, 0.3) is 0 Å². The summed E-state index contributed by atoms with van der Waals surface area (Å²) < 4.78 is 10.7. The molecule has 2 saturated carbocycles. The highest BCUT2D eigenvalue weighted by Gasteiger charge is 2.41. The van der Waals surface area contributed by atoms with Crippen LogP contribution >= 0.6 is 0 Å². The zero-order valence-electron chi connectivity index (χ0n) is 22.3. The SMILES string of the molecule is Cc1ccc(NC(=O)C[C@H](CCc2noc(=O)[nH]2)c2noc(C3CC(CC(C)C)C3)c2C2CC2)c(C)c1. The Labute approximate surface area is 217 Å². The van der Waals surface area contributed by atoms with Crippen molar-refractivity contribution in [1.29, 1.82) is 0 Å². The number of anilines is 1. The second-order valence-electron chi connectivity index (χ2n) is 11.6. The molecule has 1 atom stereocenters. The third kappa shape index (κ3) is 6.05. The highest BCUT2D eigenvalue weighted by Crippen LogP contribution is 2.52. The number of nitrogens with zero attached hydrogens (tertiary/aromatic N) is 2. The number of hydrogen-bond donors (Lipinski definition) is 2. The summed E-state index contributed by atoms with van der Waals surface area (Å²) >= 11 is 0. The molecule has 1 amide bonds. The van der Waals surface area contributed by atoms with Crippen molar-refractivity contribution in [2.24, 2.45) is 11.8 Å². The van der Waals surface area contributed by atoms with Gasteiger partial charge in [-0.15, -0.1) is 0 Å². The molecule has 198 valence electrons. The van der Waals surface area contributed by atoms with Gasteiger partial charge in [-0.05, 0) is 81.8 Å². The van der Waals surface area contributed by atoms with Crippen molar-refractivity contribution >= 4 is 11.6 Å². The first-order valence-electron chi connectivity index (χ1n) is 13.7. The Kier molecular flexibility index (Phi) is 7.36. The zero-order chi connectivity index (χ0) is 26.1. The van der Waals surface area contributed by atoms with Gasteiger partial charge < -0.3 is 9.84 Å². The lowest BCUT2D eigenvalue weighted by Gasteiger charge is -2.35. The van der Waals surface area contributed by atoms with Gasteiger partial charge in [0.25, 0.3) is 0 Å². The van der Waals surface area contributed by atoms with Crippen LogP contribution in [-0.2, 0) is 11.2 Å². The topological polar surface area (TPSA) is 114 Å². The monoisotopic (exact) mass is 506 g/mol. The third-order valence-corrected chi connectivity index (χ3v) is 7.87. The van der Waals surface area contributed by atoms with Crippen molar-refractivity contribution in [3.8, 4) is 0 Å². The predicted octanol–water partition coefficient (Wildman–Crippen LogP) is 6.13. The van der Waals surface area contributed by atoms with Crippen molar-refractivity contribution < 1.29 is 13.8 Å². The molecule has 1 aromatic carbocycles. The van der Waals surface area contributed by atoms with Gasteiger partial charge in [-0.2, -0.15) is 0 Å². The molecule has 0 saturated heterocycles. The maximum Gasteiger partial charge on any atom is 0.438 e. The number of carbonyl (C=O) groups excluding carboxylic acids is 1. The Hall–Kier alpha value is -3.16. The quantitative estimate of drug-likeness (QED) is 0.323. The maximum absolute atomic E-state index is 13.2. The molecular formula is C29H38N4O4. The molecule has 2 N–H and O–H groups in total. The lowest BCUT2D eigenvalue weighted by molar-refractivity contribution is -0.116. The van der Waals surface area contributed by atoms with E-state index in [9.17, 15) is 9.59 Å². The van der Waals surface area contributed by atoms with Crippen LogP contribution in [0.1, 0.15) is 111 Å². The Balaban J connectivity index is 1.36. The zero-order valence-corrected chi connectivity index (χ0v) is 22.3. The molecule has 2 aromatic heterocycles. The number of benzene rings is 1. The second-order valence-corrected chi connectivity index (χ2v) is 11.6. The van der Waals surface area contributed by atoms with Crippen molar-refractivity contribution in [2.75, 3.05) is 5.32 Å². The number of hydrogen-bond acceptors (Lipinski definition) is 6. The Bertz CT molecular complexity index is 1290. The number of carbonyl (C=O) groups is 1. The van der Waals surface area contributed by atoms with Gasteiger partial charge in [0.05, 0.1) is 5.69 Å². The van der Waals surface area contributed by atoms with Gasteiger partial charge in [0.2, 0.25) is 5.91 Å². The molecule has 2 aliphatic carbocycles. The molecule has 8 heteroatoms. The molecule has 0 unspecified atom stereocenters. The van der Waals surface area contributed by atoms with Crippen LogP contribution < -0.4 is 11.1 Å². The number of rotatable bonds is 11. The van der Waals surface area contributed by atoms with E-state index in [1.807, 2.05) is 26.0 Å². The average molecular weight is 507 g/mol. The van der Waals surface area contributed by atoms with Gasteiger partial charge in [-0.1, -0.05) is 41.9 Å². The summed E-state index contributed by atoms with van der Waals surface area (Å²) in [7, 11) is 0. The van der Waals surface area contributed by atoms with Crippen molar-refractivity contribution in [1.82, 2.24) is 15.3 Å². The summed E-state index contributed by atoms with van der Waals surface area (Å²) in [5, 5.41) is 11.5. The number of aryl methyl sites for hydroxylation is 3. The van der Waals surface area contributed by atoms with E-state index >= 15 is 0 Å². The summed E-state index contributed by atoms with van der Waals surface area (Å²) in [5.41, 5.74) is 5.17. The van der Waals surface area contributed by atoms with Crippen LogP contribution in [0, 0.1) is 25.7 Å². The highest BCUT2D eigenvalue weighted by atomic mass is 16.5. The largest absolute Gasteiger partial charge is 0.438 e. The first-order valence-corrected chi connectivity index (χ1v) is 13.7. The minimum Gasteiger partial charge on any atom is -0.361 e. The van der Waals surface area contributed by atoms with Crippen molar-refractivity contribution in [2.45, 2.75) is 96.8 Å². The molecule has 2 heterocycles. The first-order chi connectivity index (χ1) is 17.8.